The summed E-state index contributed by atoms with van der Waals surface area (Å²) in [4.78, 5) is 65.7. The van der Waals surface area contributed by atoms with Gasteiger partial charge in [-0.3, -0.25) is 0 Å². The number of carbonyl (C=O) groups is 6. The van der Waals surface area contributed by atoms with Crippen LogP contribution < -0.4 is 0 Å². The Kier molecular flexibility index (Phi) is 15.6. The molecule has 0 saturated heterocycles. The van der Waals surface area contributed by atoms with Gasteiger partial charge in [-0.05, 0) is 68.7 Å². The minimum atomic E-state index is -1.06. The third-order valence-corrected chi connectivity index (χ3v) is 7.15. The molecule has 6 aromatic rings. The molecule has 0 aliphatic carbocycles. The summed E-state index contributed by atoms with van der Waals surface area (Å²) >= 11 is 0. The SMILES string of the molecule is O=C(O)c1ccc(C(=O)O)c2ccccc12.O=C(O)c1ccc(C(=O)O)c2ccccc12.O=C(O)c1ccc(C(=O)O)c2ccccc12.[Ce].[Ce]. The van der Waals surface area contributed by atoms with Crippen molar-refractivity contribution in [3.05, 3.63) is 143 Å². The van der Waals surface area contributed by atoms with Crippen molar-refractivity contribution in [3.63, 3.8) is 0 Å². The van der Waals surface area contributed by atoms with Gasteiger partial charge in [0, 0.05) is 83.5 Å². The van der Waals surface area contributed by atoms with Gasteiger partial charge in [0.15, 0.2) is 0 Å². The van der Waals surface area contributed by atoms with E-state index < -0.39 is 35.8 Å². The number of carboxylic acid groups (broad SMARTS) is 6. The summed E-state index contributed by atoms with van der Waals surface area (Å²) in [7, 11) is 0. The van der Waals surface area contributed by atoms with Crippen molar-refractivity contribution in [2.24, 2.45) is 0 Å². The van der Waals surface area contributed by atoms with E-state index in [9.17, 15) is 28.8 Å². The fraction of sp³-hybridized carbons (Fsp3) is 0. The Morgan fingerprint density at radius 2 is 0.380 bits per heavy atom. The molecule has 0 atom stereocenters. The van der Waals surface area contributed by atoms with Crippen LogP contribution >= 0.6 is 0 Å². The molecule has 12 nitrogen and oxygen atoms in total. The molecule has 248 valence electrons. The van der Waals surface area contributed by atoms with Crippen LogP contribution in [0.2, 0.25) is 0 Å². The van der Waals surface area contributed by atoms with Crippen molar-refractivity contribution in [3.8, 4) is 0 Å². The van der Waals surface area contributed by atoms with Crippen LogP contribution in [-0.4, -0.2) is 66.5 Å². The Hall–Kier alpha value is -4.33. The van der Waals surface area contributed by atoms with Gasteiger partial charge in [0.05, 0.1) is 33.4 Å². The van der Waals surface area contributed by atoms with E-state index in [2.05, 4.69) is 0 Å². The predicted molar refractivity (Wildman–Crippen MR) is 174 cm³/mol. The van der Waals surface area contributed by atoms with E-state index >= 15 is 0 Å². The molecule has 0 radical (unpaired) electrons. The molecule has 0 fully saturated rings. The molecular formula is C36H24Ce2O12. The van der Waals surface area contributed by atoms with Crippen LogP contribution in [0, 0.1) is 83.5 Å². The summed E-state index contributed by atoms with van der Waals surface area (Å²) in [6.07, 6.45) is 0. The monoisotopic (exact) mass is 928 g/mol. The number of aromatic carboxylic acids is 6. The fourth-order valence-electron chi connectivity index (χ4n) is 5.02. The minimum absolute atomic E-state index is 0. The van der Waals surface area contributed by atoms with Crippen LogP contribution in [0.1, 0.15) is 62.1 Å². The quantitative estimate of drug-likeness (QED) is 0.103. The Balaban J connectivity index is 0.000000255. The van der Waals surface area contributed by atoms with Crippen molar-refractivity contribution in [1.82, 2.24) is 0 Å². The first-order chi connectivity index (χ1) is 22.8. The van der Waals surface area contributed by atoms with Crippen LogP contribution in [0.4, 0.5) is 0 Å². The maximum Gasteiger partial charge on any atom is 0.336 e. The molecule has 0 aliphatic rings. The molecule has 0 amide bonds. The zero-order chi connectivity index (χ0) is 35.1. The van der Waals surface area contributed by atoms with Crippen molar-refractivity contribution in [2.45, 2.75) is 0 Å². The van der Waals surface area contributed by atoms with Gasteiger partial charge in [-0.25, -0.2) is 28.8 Å². The molecule has 0 saturated carbocycles. The van der Waals surface area contributed by atoms with Gasteiger partial charge in [-0.2, -0.15) is 0 Å². The first-order valence-electron chi connectivity index (χ1n) is 13.8. The summed E-state index contributed by atoms with van der Waals surface area (Å²) in [5.74, 6) is -6.37. The molecular weight excluding hydrogens is 905 g/mol. The Labute approximate surface area is 349 Å². The number of hydrogen-bond acceptors (Lipinski definition) is 6. The van der Waals surface area contributed by atoms with E-state index in [-0.39, 0.29) is 117 Å². The van der Waals surface area contributed by atoms with E-state index in [1.54, 1.807) is 72.8 Å². The molecule has 0 unspecified atom stereocenters. The standard InChI is InChI=1S/3C12H8O4.2Ce/c3*13-11(14)9-5-6-10(12(15)16)8-4-2-1-3-7(8)9;;/h3*1-6H,(H,13,14)(H,15,16);;. The zero-order valence-corrected chi connectivity index (χ0v) is 31.8. The largest absolute Gasteiger partial charge is 0.478 e. The third-order valence-electron chi connectivity index (χ3n) is 7.15. The van der Waals surface area contributed by atoms with Gasteiger partial charge in [-0.15, -0.1) is 0 Å². The van der Waals surface area contributed by atoms with Crippen LogP contribution in [0.5, 0.6) is 0 Å². The topological polar surface area (TPSA) is 224 Å². The van der Waals surface area contributed by atoms with Crippen LogP contribution in [-0.2, 0) is 0 Å². The van der Waals surface area contributed by atoms with Crippen molar-refractivity contribution in [1.29, 1.82) is 0 Å². The molecule has 0 spiro atoms. The molecule has 0 aromatic heterocycles. The van der Waals surface area contributed by atoms with E-state index in [4.69, 9.17) is 30.6 Å². The van der Waals surface area contributed by atoms with Gasteiger partial charge in [0.1, 0.15) is 0 Å². The van der Waals surface area contributed by atoms with Crippen molar-refractivity contribution < 1.29 is 143 Å². The Bertz CT molecular complexity index is 1870. The fourth-order valence-corrected chi connectivity index (χ4v) is 5.02. The van der Waals surface area contributed by atoms with E-state index in [1.165, 1.54) is 36.4 Å². The molecule has 14 heteroatoms. The Morgan fingerprint density at radius 3 is 0.480 bits per heavy atom. The second-order valence-electron chi connectivity index (χ2n) is 9.95. The number of rotatable bonds is 6. The van der Waals surface area contributed by atoms with Crippen LogP contribution in [0.3, 0.4) is 0 Å². The van der Waals surface area contributed by atoms with Crippen LogP contribution in [0.15, 0.2) is 109 Å². The van der Waals surface area contributed by atoms with E-state index in [1.807, 2.05) is 0 Å². The number of benzene rings is 6. The smallest absolute Gasteiger partial charge is 0.336 e. The molecule has 6 aromatic carbocycles. The summed E-state index contributed by atoms with van der Waals surface area (Å²) in [6, 6.07) is 27.6. The second-order valence-corrected chi connectivity index (χ2v) is 9.95. The average molecular weight is 929 g/mol. The zero-order valence-electron chi connectivity index (χ0n) is 25.5. The maximum atomic E-state index is 10.9. The van der Waals surface area contributed by atoms with Gasteiger partial charge in [0.2, 0.25) is 0 Å². The number of hydrogen-bond donors (Lipinski definition) is 6. The van der Waals surface area contributed by atoms with Crippen molar-refractivity contribution in [2.75, 3.05) is 0 Å². The molecule has 0 aliphatic heterocycles. The second kappa shape index (κ2) is 18.6. The van der Waals surface area contributed by atoms with Gasteiger partial charge < -0.3 is 30.6 Å². The molecule has 6 rings (SSSR count). The van der Waals surface area contributed by atoms with Gasteiger partial charge in [0.25, 0.3) is 0 Å². The summed E-state index contributed by atoms with van der Waals surface area (Å²) < 4.78 is 0. The first-order valence-corrected chi connectivity index (χ1v) is 13.8. The third kappa shape index (κ3) is 9.46. The maximum absolute atomic E-state index is 10.9. The first kappa shape index (κ1) is 41.8. The van der Waals surface area contributed by atoms with Crippen LogP contribution in [0.25, 0.3) is 32.3 Å². The van der Waals surface area contributed by atoms with E-state index in [0.29, 0.717) is 32.3 Å². The number of carboxylic acids is 6. The molecule has 0 heterocycles. The number of fused-ring (bicyclic) bond motifs is 3. The van der Waals surface area contributed by atoms with Gasteiger partial charge >= 0.3 is 35.8 Å². The summed E-state index contributed by atoms with van der Waals surface area (Å²) in [5, 5.41) is 56.4. The van der Waals surface area contributed by atoms with Gasteiger partial charge in [-0.1, -0.05) is 72.8 Å². The molecule has 50 heavy (non-hydrogen) atoms. The predicted octanol–water partition coefficient (Wildman–Crippen LogP) is 6.71. The average Bonchev–Trinajstić information content (AvgIpc) is 3.06. The molecule has 0 bridgehead atoms. The van der Waals surface area contributed by atoms with Crippen molar-refractivity contribution >= 4 is 68.1 Å². The summed E-state index contributed by atoms with van der Waals surface area (Å²) in [6.45, 7) is 0. The summed E-state index contributed by atoms with van der Waals surface area (Å²) in [5.41, 5.74) is 0.670. The normalized spacial score (nSPS) is 9.84. The Morgan fingerprint density at radius 1 is 0.260 bits per heavy atom. The van der Waals surface area contributed by atoms with E-state index in [0.717, 1.165) is 0 Å². The molecule has 6 N–H and O–H groups in total. The minimum Gasteiger partial charge on any atom is -0.478 e.